The highest BCUT2D eigenvalue weighted by Crippen LogP contribution is 2.19. The van der Waals surface area contributed by atoms with Crippen LogP contribution in [0.4, 0.5) is 0 Å². The van der Waals surface area contributed by atoms with E-state index in [2.05, 4.69) is 50.4 Å². The maximum atomic E-state index is 13.3. The van der Waals surface area contributed by atoms with E-state index < -0.39 is 18.2 Å². The first-order valence-corrected chi connectivity index (χ1v) is 28.6. The minimum atomic E-state index is -0.785. The van der Waals surface area contributed by atoms with E-state index in [9.17, 15) is 19.8 Å². The molecule has 6 heteroatoms. The highest BCUT2D eigenvalue weighted by molar-refractivity contribution is 5.77. The maximum absolute atomic E-state index is 13.3. The van der Waals surface area contributed by atoms with Crippen LogP contribution in [0.15, 0.2) is 24.3 Å². The molecule has 0 bridgehead atoms. The van der Waals surface area contributed by atoms with Crippen molar-refractivity contribution in [3.63, 3.8) is 0 Å². The summed E-state index contributed by atoms with van der Waals surface area (Å²) in [6, 6.07) is -0.698. The molecule has 64 heavy (non-hydrogen) atoms. The Morgan fingerprint density at radius 1 is 0.453 bits per heavy atom. The molecule has 378 valence electrons. The van der Waals surface area contributed by atoms with Gasteiger partial charge in [0.25, 0.3) is 0 Å². The molecule has 0 saturated heterocycles. The summed E-state index contributed by atoms with van der Waals surface area (Å²) >= 11 is 0. The third-order valence-corrected chi connectivity index (χ3v) is 13.3. The van der Waals surface area contributed by atoms with Gasteiger partial charge in [0, 0.05) is 6.42 Å². The van der Waals surface area contributed by atoms with Crippen LogP contribution in [0.25, 0.3) is 0 Å². The van der Waals surface area contributed by atoms with Crippen molar-refractivity contribution in [2.24, 2.45) is 0 Å². The molecule has 0 aliphatic carbocycles. The van der Waals surface area contributed by atoms with Crippen molar-refractivity contribution < 1.29 is 24.5 Å². The highest BCUT2D eigenvalue weighted by atomic mass is 16.5. The number of ether oxygens (including phenoxy) is 1. The molecule has 0 aromatic rings. The third kappa shape index (κ3) is 46.9. The van der Waals surface area contributed by atoms with Gasteiger partial charge < -0.3 is 20.3 Å². The lowest BCUT2D eigenvalue weighted by atomic mass is 10.0. The van der Waals surface area contributed by atoms with E-state index >= 15 is 0 Å². The van der Waals surface area contributed by atoms with Gasteiger partial charge in [0.15, 0.2) is 0 Å². The number of carbonyl (C=O) groups is 2. The first-order valence-electron chi connectivity index (χ1n) is 28.6. The van der Waals surface area contributed by atoms with Gasteiger partial charge in [0.1, 0.15) is 6.10 Å². The van der Waals surface area contributed by atoms with Gasteiger partial charge in [-0.2, -0.15) is 0 Å². The standard InChI is InChI=1S/C58H111NO5/c1-4-7-10-13-16-19-22-25-27-28-30-33-36-39-42-45-48-51-58(63)64-54(49-46-43-40-37-34-32-29-26-23-20-17-14-11-8-5-2)52-57(62)59-55(53-60)56(61)50-47-44-41-38-35-31-24-21-18-15-12-9-6-3/h16,19,25,27,54-56,60-61H,4-15,17-18,20-24,26,28-53H2,1-3H3,(H,59,62)/b19-16-,27-25-. The first kappa shape index (κ1) is 62.3. The maximum Gasteiger partial charge on any atom is 0.306 e. The number of aliphatic hydroxyl groups is 2. The predicted molar refractivity (Wildman–Crippen MR) is 278 cm³/mol. The van der Waals surface area contributed by atoms with Crippen LogP contribution in [0.1, 0.15) is 310 Å². The lowest BCUT2D eigenvalue weighted by Crippen LogP contribution is -2.46. The van der Waals surface area contributed by atoms with Crippen molar-refractivity contribution in [3.8, 4) is 0 Å². The molecule has 0 radical (unpaired) electrons. The van der Waals surface area contributed by atoms with Gasteiger partial charge in [-0.1, -0.05) is 263 Å². The Balaban J connectivity index is 4.53. The molecular weight excluding hydrogens is 791 g/mol. The summed E-state index contributed by atoms with van der Waals surface area (Å²) in [7, 11) is 0. The minimum Gasteiger partial charge on any atom is -0.462 e. The first-order chi connectivity index (χ1) is 31.5. The van der Waals surface area contributed by atoms with Crippen LogP contribution in [0, 0.1) is 0 Å². The number of esters is 1. The molecule has 3 N–H and O–H groups in total. The van der Waals surface area contributed by atoms with Crippen LogP contribution < -0.4 is 5.32 Å². The van der Waals surface area contributed by atoms with Gasteiger partial charge in [-0.15, -0.1) is 0 Å². The van der Waals surface area contributed by atoms with E-state index in [1.807, 2.05) is 0 Å². The van der Waals surface area contributed by atoms with Crippen LogP contribution in [0.2, 0.25) is 0 Å². The Morgan fingerprint density at radius 2 is 0.797 bits per heavy atom. The normalized spacial score (nSPS) is 13.3. The summed E-state index contributed by atoms with van der Waals surface area (Å²) in [6.07, 6.45) is 60.9. The number of unbranched alkanes of at least 4 members (excludes halogenated alkanes) is 36. The van der Waals surface area contributed by atoms with Crippen molar-refractivity contribution >= 4 is 11.9 Å². The molecule has 0 aromatic heterocycles. The van der Waals surface area contributed by atoms with E-state index in [1.54, 1.807) is 0 Å². The van der Waals surface area contributed by atoms with Gasteiger partial charge in [0.05, 0.1) is 25.2 Å². The summed E-state index contributed by atoms with van der Waals surface area (Å²) in [6.45, 7) is 6.49. The Kier molecular flexibility index (Phi) is 51.0. The molecule has 0 aromatic carbocycles. The second-order valence-corrected chi connectivity index (χ2v) is 19.7. The third-order valence-electron chi connectivity index (χ3n) is 13.3. The van der Waals surface area contributed by atoms with Crippen molar-refractivity contribution in [1.29, 1.82) is 0 Å². The molecule has 0 spiro atoms. The SMILES string of the molecule is CCCCC/C=C\C/C=C\CCCCCCCCCC(=O)OC(CCCCCCCCCCCCCCCCC)CC(=O)NC(CO)C(O)CCCCCCCCCCCCCCC. The number of allylic oxidation sites excluding steroid dienone is 4. The zero-order valence-corrected chi connectivity index (χ0v) is 43.2. The summed E-state index contributed by atoms with van der Waals surface area (Å²) in [5.41, 5.74) is 0. The number of rotatable bonds is 52. The summed E-state index contributed by atoms with van der Waals surface area (Å²) < 4.78 is 5.96. The molecule has 0 fully saturated rings. The van der Waals surface area contributed by atoms with Crippen LogP contribution in [-0.2, 0) is 14.3 Å². The van der Waals surface area contributed by atoms with Gasteiger partial charge >= 0.3 is 5.97 Å². The van der Waals surface area contributed by atoms with Gasteiger partial charge in [0.2, 0.25) is 5.91 Å². The zero-order chi connectivity index (χ0) is 46.7. The van der Waals surface area contributed by atoms with Crippen molar-refractivity contribution in [2.45, 2.75) is 328 Å². The Bertz CT molecular complexity index is 1010. The molecule has 0 heterocycles. The number of carbonyl (C=O) groups excluding carboxylic acids is 2. The Hall–Kier alpha value is -1.66. The Morgan fingerprint density at radius 3 is 1.22 bits per heavy atom. The largest absolute Gasteiger partial charge is 0.462 e. The van der Waals surface area contributed by atoms with E-state index in [4.69, 9.17) is 4.74 Å². The molecule has 0 aliphatic rings. The second-order valence-electron chi connectivity index (χ2n) is 19.7. The van der Waals surface area contributed by atoms with E-state index in [1.165, 1.54) is 205 Å². The van der Waals surface area contributed by atoms with Crippen molar-refractivity contribution in [2.75, 3.05) is 6.61 Å². The summed E-state index contributed by atoms with van der Waals surface area (Å²) in [5.74, 6) is -0.463. The number of hydrogen-bond acceptors (Lipinski definition) is 5. The number of hydrogen-bond donors (Lipinski definition) is 3. The fourth-order valence-corrected chi connectivity index (χ4v) is 8.93. The fraction of sp³-hybridized carbons (Fsp3) is 0.897. The monoisotopic (exact) mass is 902 g/mol. The predicted octanol–water partition coefficient (Wildman–Crippen LogP) is 17.5. The average molecular weight is 903 g/mol. The average Bonchev–Trinajstić information content (AvgIpc) is 3.29. The molecule has 3 unspecified atom stereocenters. The summed E-state index contributed by atoms with van der Waals surface area (Å²) in [5, 5.41) is 23.9. The number of aliphatic hydroxyl groups excluding tert-OH is 2. The van der Waals surface area contributed by atoms with Crippen LogP contribution >= 0.6 is 0 Å². The van der Waals surface area contributed by atoms with Crippen LogP contribution in [0.5, 0.6) is 0 Å². The van der Waals surface area contributed by atoms with Crippen LogP contribution in [0.3, 0.4) is 0 Å². The molecule has 3 atom stereocenters. The van der Waals surface area contributed by atoms with Crippen molar-refractivity contribution in [3.05, 3.63) is 24.3 Å². The zero-order valence-electron chi connectivity index (χ0n) is 43.2. The lowest BCUT2D eigenvalue weighted by Gasteiger charge is -2.24. The summed E-state index contributed by atoms with van der Waals surface area (Å²) in [4.78, 5) is 26.3. The number of nitrogens with one attached hydrogen (secondary N) is 1. The molecular formula is C58H111NO5. The van der Waals surface area contributed by atoms with Crippen LogP contribution in [-0.4, -0.2) is 46.9 Å². The quantitative estimate of drug-likeness (QED) is 0.0321. The van der Waals surface area contributed by atoms with Gasteiger partial charge in [-0.25, -0.2) is 0 Å². The molecule has 1 amide bonds. The van der Waals surface area contributed by atoms with E-state index in [0.29, 0.717) is 19.3 Å². The second kappa shape index (κ2) is 52.3. The molecule has 0 rings (SSSR count). The molecule has 0 aliphatic heterocycles. The van der Waals surface area contributed by atoms with E-state index in [-0.39, 0.29) is 24.9 Å². The van der Waals surface area contributed by atoms with Gasteiger partial charge in [-0.3, -0.25) is 9.59 Å². The van der Waals surface area contributed by atoms with Gasteiger partial charge in [-0.05, 0) is 57.8 Å². The molecule has 6 nitrogen and oxygen atoms in total. The number of amides is 1. The smallest absolute Gasteiger partial charge is 0.306 e. The van der Waals surface area contributed by atoms with Crippen molar-refractivity contribution in [1.82, 2.24) is 5.32 Å². The molecule has 0 saturated carbocycles. The fourth-order valence-electron chi connectivity index (χ4n) is 8.93. The lowest BCUT2D eigenvalue weighted by molar-refractivity contribution is -0.151. The highest BCUT2D eigenvalue weighted by Gasteiger charge is 2.24. The Labute approximate surface area is 399 Å². The minimum absolute atomic E-state index is 0.0806. The topological polar surface area (TPSA) is 95.9 Å². The van der Waals surface area contributed by atoms with E-state index in [0.717, 1.165) is 57.8 Å².